The molecular formula is C18H21N3O5S. The van der Waals surface area contributed by atoms with Gasteiger partial charge in [-0.05, 0) is 31.0 Å². The van der Waals surface area contributed by atoms with Gasteiger partial charge in [-0.25, -0.2) is 8.42 Å². The summed E-state index contributed by atoms with van der Waals surface area (Å²) < 4.78 is 32.1. The van der Waals surface area contributed by atoms with Crippen molar-refractivity contribution in [2.24, 2.45) is 0 Å². The zero-order valence-corrected chi connectivity index (χ0v) is 15.5. The van der Waals surface area contributed by atoms with Crippen LogP contribution in [0.15, 0.2) is 29.2 Å². The van der Waals surface area contributed by atoms with E-state index in [1.54, 1.807) is 0 Å². The Hall–Kier alpha value is -2.41. The van der Waals surface area contributed by atoms with Crippen molar-refractivity contribution in [1.82, 2.24) is 14.9 Å². The fraction of sp³-hybridized carbons (Fsp3) is 0.444. The lowest BCUT2D eigenvalue weighted by Crippen LogP contribution is -2.49. The first kappa shape index (κ1) is 19.4. The highest BCUT2D eigenvalue weighted by Gasteiger charge is 2.30. The lowest BCUT2D eigenvalue weighted by molar-refractivity contribution is -0.122. The second-order valence-corrected chi connectivity index (χ2v) is 8.32. The summed E-state index contributed by atoms with van der Waals surface area (Å²) in [6, 6.07) is 5.12. The molecule has 2 fully saturated rings. The molecule has 2 unspecified atom stereocenters. The van der Waals surface area contributed by atoms with E-state index in [0.717, 1.165) is 17.1 Å². The van der Waals surface area contributed by atoms with Gasteiger partial charge >= 0.3 is 0 Å². The van der Waals surface area contributed by atoms with E-state index in [1.165, 1.54) is 24.3 Å². The van der Waals surface area contributed by atoms with E-state index in [-0.39, 0.29) is 42.1 Å². The average Bonchev–Trinajstić information content (AvgIpc) is 3.20. The van der Waals surface area contributed by atoms with Gasteiger partial charge in [0, 0.05) is 25.3 Å². The lowest BCUT2D eigenvalue weighted by Gasteiger charge is -2.26. The number of terminal acetylenes is 1. The summed E-state index contributed by atoms with van der Waals surface area (Å²) in [5.41, 5.74) is 0.177. The van der Waals surface area contributed by atoms with Crippen LogP contribution in [0.1, 0.15) is 23.2 Å². The third-order valence-corrected chi connectivity index (χ3v) is 6.38. The molecule has 2 N–H and O–H groups in total. The maximum Gasteiger partial charge on any atom is 0.252 e. The van der Waals surface area contributed by atoms with Crippen LogP contribution in [0.4, 0.5) is 0 Å². The molecule has 2 heterocycles. The Morgan fingerprint density at radius 1 is 1.44 bits per heavy atom. The van der Waals surface area contributed by atoms with Crippen molar-refractivity contribution in [2.75, 3.05) is 26.2 Å². The van der Waals surface area contributed by atoms with Gasteiger partial charge in [-0.15, -0.1) is 6.42 Å². The van der Waals surface area contributed by atoms with Crippen LogP contribution < -0.4 is 10.6 Å². The predicted octanol–water partition coefficient (Wildman–Crippen LogP) is -0.282. The summed E-state index contributed by atoms with van der Waals surface area (Å²) >= 11 is 0. The highest BCUT2D eigenvalue weighted by molar-refractivity contribution is 7.89. The maximum atomic E-state index is 12.8. The number of carbonyl (C=O) groups excluding carboxylic acids is 2. The maximum absolute atomic E-state index is 12.8. The first-order valence-corrected chi connectivity index (χ1v) is 10.1. The number of nitrogens with zero attached hydrogens (tertiary/aromatic N) is 1. The summed E-state index contributed by atoms with van der Waals surface area (Å²) in [5, 5.41) is 5.30. The van der Waals surface area contributed by atoms with Crippen LogP contribution in [-0.2, 0) is 19.6 Å². The zero-order chi connectivity index (χ0) is 19.4. The Bertz CT molecular complexity index is 871. The van der Waals surface area contributed by atoms with Gasteiger partial charge < -0.3 is 15.4 Å². The van der Waals surface area contributed by atoms with Crippen LogP contribution in [0, 0.1) is 12.3 Å². The van der Waals surface area contributed by atoms with E-state index in [9.17, 15) is 18.0 Å². The van der Waals surface area contributed by atoms with Gasteiger partial charge in [0.2, 0.25) is 15.9 Å². The average molecular weight is 391 g/mol. The normalized spacial score (nSPS) is 21.9. The first-order valence-electron chi connectivity index (χ1n) is 8.67. The van der Waals surface area contributed by atoms with Crippen LogP contribution in [0.2, 0.25) is 0 Å². The molecule has 0 saturated carbocycles. The molecule has 0 radical (unpaired) electrons. The minimum atomic E-state index is -3.87. The molecule has 0 spiro atoms. The molecule has 0 bridgehead atoms. The van der Waals surface area contributed by atoms with E-state index >= 15 is 0 Å². The van der Waals surface area contributed by atoms with Crippen molar-refractivity contribution >= 4 is 21.8 Å². The van der Waals surface area contributed by atoms with Crippen molar-refractivity contribution in [3.63, 3.8) is 0 Å². The summed E-state index contributed by atoms with van der Waals surface area (Å²) in [7, 11) is -3.87. The molecule has 2 atom stereocenters. The number of nitrogens with one attached hydrogen (secondary N) is 2. The van der Waals surface area contributed by atoms with Crippen molar-refractivity contribution in [1.29, 1.82) is 0 Å². The molecule has 2 amide bonds. The van der Waals surface area contributed by atoms with Crippen LogP contribution in [0.3, 0.4) is 0 Å². The van der Waals surface area contributed by atoms with Gasteiger partial charge in [0.25, 0.3) is 5.91 Å². The van der Waals surface area contributed by atoms with Gasteiger partial charge in [0.15, 0.2) is 0 Å². The van der Waals surface area contributed by atoms with Gasteiger partial charge in [0.05, 0.1) is 17.5 Å². The third-order valence-electron chi connectivity index (χ3n) is 4.54. The largest absolute Gasteiger partial charge is 0.375 e. The van der Waals surface area contributed by atoms with Crippen LogP contribution >= 0.6 is 0 Å². The summed E-state index contributed by atoms with van der Waals surface area (Å²) in [6.45, 7) is 0.805. The molecule has 2 aliphatic rings. The van der Waals surface area contributed by atoms with E-state index in [2.05, 4.69) is 16.6 Å². The van der Waals surface area contributed by atoms with Crippen LogP contribution in [0.5, 0.6) is 0 Å². The number of carbonyl (C=O) groups is 2. The summed E-state index contributed by atoms with van der Waals surface area (Å²) in [5.74, 6) is 1.69. The number of sulfonamides is 1. The molecule has 27 heavy (non-hydrogen) atoms. The van der Waals surface area contributed by atoms with Gasteiger partial charge in [-0.2, -0.15) is 4.31 Å². The number of amides is 2. The van der Waals surface area contributed by atoms with Crippen molar-refractivity contribution < 1.29 is 22.7 Å². The smallest absolute Gasteiger partial charge is 0.252 e. The number of hydrogen-bond donors (Lipinski definition) is 2. The number of hydrogen-bond acceptors (Lipinski definition) is 5. The molecule has 9 heteroatoms. The summed E-state index contributed by atoms with van der Waals surface area (Å²) in [4.78, 5) is 24.0. The van der Waals surface area contributed by atoms with E-state index in [4.69, 9.17) is 11.2 Å². The Morgan fingerprint density at radius 2 is 2.26 bits per heavy atom. The fourth-order valence-electron chi connectivity index (χ4n) is 3.10. The monoisotopic (exact) mass is 391 g/mol. The molecule has 1 aromatic carbocycles. The van der Waals surface area contributed by atoms with Gasteiger partial charge in [-0.1, -0.05) is 12.0 Å². The Kier molecular flexibility index (Phi) is 5.79. The standard InChI is InChI=1S/C18H21N3O5S/c1-2-15(16-7-4-10-26-16)20-18(23)13-5-3-6-14(11-13)27(24,25)21-9-8-19-17(22)12-21/h1,3,5-6,11,15-16H,4,7-10,12H2,(H,19,22)(H,20,23). The Balaban J connectivity index is 1.77. The minimum absolute atomic E-state index is 0.0424. The van der Waals surface area contributed by atoms with Crippen LogP contribution in [-0.4, -0.2) is 62.9 Å². The molecule has 0 aliphatic carbocycles. The molecular weight excluding hydrogens is 370 g/mol. The number of ether oxygens (including phenoxy) is 1. The number of benzene rings is 1. The quantitative estimate of drug-likeness (QED) is 0.672. The molecule has 1 aromatic rings. The van der Waals surface area contributed by atoms with Crippen molar-refractivity contribution in [3.8, 4) is 12.3 Å². The van der Waals surface area contributed by atoms with Crippen molar-refractivity contribution in [2.45, 2.75) is 29.9 Å². The van der Waals surface area contributed by atoms with Crippen molar-refractivity contribution in [3.05, 3.63) is 29.8 Å². The predicted molar refractivity (Wildman–Crippen MR) is 97.3 cm³/mol. The molecule has 0 aromatic heterocycles. The minimum Gasteiger partial charge on any atom is -0.375 e. The number of rotatable bonds is 5. The Labute approximate surface area is 158 Å². The molecule has 2 saturated heterocycles. The highest BCUT2D eigenvalue weighted by atomic mass is 32.2. The first-order chi connectivity index (χ1) is 12.9. The molecule has 8 nitrogen and oxygen atoms in total. The SMILES string of the molecule is C#CC(NC(=O)c1cccc(S(=O)(=O)N2CCNC(=O)C2)c1)C1CCCO1. The van der Waals surface area contributed by atoms with E-state index in [1.807, 2.05) is 0 Å². The highest BCUT2D eigenvalue weighted by Crippen LogP contribution is 2.19. The fourth-order valence-corrected chi connectivity index (χ4v) is 4.54. The third kappa shape index (κ3) is 4.30. The topological polar surface area (TPSA) is 105 Å². The van der Waals surface area contributed by atoms with Gasteiger partial charge in [0.1, 0.15) is 6.04 Å². The molecule has 2 aliphatic heterocycles. The molecule has 144 valence electrons. The van der Waals surface area contributed by atoms with Crippen LogP contribution in [0.25, 0.3) is 0 Å². The zero-order valence-electron chi connectivity index (χ0n) is 14.7. The second-order valence-electron chi connectivity index (χ2n) is 6.39. The summed E-state index contributed by atoms with van der Waals surface area (Å²) in [6.07, 6.45) is 6.91. The molecule has 3 rings (SSSR count). The van der Waals surface area contributed by atoms with E-state index < -0.39 is 22.0 Å². The van der Waals surface area contributed by atoms with E-state index in [0.29, 0.717) is 6.61 Å². The lowest BCUT2D eigenvalue weighted by atomic mass is 10.1. The Morgan fingerprint density at radius 3 is 2.93 bits per heavy atom. The van der Waals surface area contributed by atoms with Gasteiger partial charge in [-0.3, -0.25) is 9.59 Å². The number of piperazine rings is 1. The second kappa shape index (κ2) is 8.08.